The number of amides is 1. The average molecular weight is 261 g/mol. The van der Waals surface area contributed by atoms with Crippen LogP contribution >= 0.6 is 0 Å². The third kappa shape index (κ3) is 3.47. The van der Waals surface area contributed by atoms with E-state index in [1.54, 1.807) is 19.0 Å². The predicted octanol–water partition coefficient (Wildman–Crippen LogP) is 1.89. The van der Waals surface area contributed by atoms with Crippen molar-refractivity contribution in [2.45, 2.75) is 18.9 Å². The zero-order chi connectivity index (χ0) is 13.8. The van der Waals surface area contributed by atoms with Gasteiger partial charge in [-0.3, -0.25) is 4.79 Å². The molecule has 2 rings (SSSR count). The van der Waals surface area contributed by atoms with Crippen molar-refractivity contribution >= 4 is 11.6 Å². The first-order valence-electron chi connectivity index (χ1n) is 6.83. The highest BCUT2D eigenvalue weighted by Gasteiger charge is 2.19. The van der Waals surface area contributed by atoms with Crippen LogP contribution in [0.15, 0.2) is 24.3 Å². The van der Waals surface area contributed by atoms with E-state index in [2.05, 4.69) is 17.3 Å². The Morgan fingerprint density at radius 3 is 2.53 bits per heavy atom. The van der Waals surface area contributed by atoms with Crippen molar-refractivity contribution in [2.24, 2.45) is 0 Å². The highest BCUT2D eigenvalue weighted by atomic mass is 16.2. The van der Waals surface area contributed by atoms with Crippen LogP contribution in [0, 0.1) is 0 Å². The molecule has 0 radical (unpaired) electrons. The molecule has 1 aliphatic heterocycles. The van der Waals surface area contributed by atoms with Crippen LogP contribution in [0.1, 0.15) is 23.2 Å². The van der Waals surface area contributed by atoms with E-state index < -0.39 is 0 Å². The van der Waals surface area contributed by atoms with Gasteiger partial charge in [0.25, 0.3) is 5.91 Å². The predicted molar refractivity (Wildman–Crippen MR) is 78.6 cm³/mol. The number of nitrogens with one attached hydrogen (secondary N) is 1. The number of rotatable bonds is 3. The van der Waals surface area contributed by atoms with Gasteiger partial charge >= 0.3 is 0 Å². The van der Waals surface area contributed by atoms with Gasteiger partial charge in [0.1, 0.15) is 0 Å². The third-order valence-corrected chi connectivity index (χ3v) is 3.64. The molecule has 1 N–H and O–H groups in total. The molecular formula is C15H23N3O. The highest BCUT2D eigenvalue weighted by molar-refractivity contribution is 5.99. The maximum Gasteiger partial charge on any atom is 0.255 e. The fraction of sp³-hybridized carbons (Fsp3) is 0.533. The molecule has 19 heavy (non-hydrogen) atoms. The molecule has 0 spiro atoms. The van der Waals surface area contributed by atoms with Crippen LogP contribution in [0.25, 0.3) is 0 Å². The number of piperidine rings is 1. The van der Waals surface area contributed by atoms with Gasteiger partial charge in [-0.25, -0.2) is 0 Å². The molecule has 0 saturated carbocycles. The minimum absolute atomic E-state index is 0.0519. The van der Waals surface area contributed by atoms with Gasteiger partial charge in [-0.15, -0.1) is 0 Å². The molecular weight excluding hydrogens is 238 g/mol. The molecule has 0 aliphatic carbocycles. The van der Waals surface area contributed by atoms with E-state index in [1.807, 2.05) is 24.3 Å². The van der Waals surface area contributed by atoms with E-state index in [0.717, 1.165) is 37.2 Å². The van der Waals surface area contributed by atoms with Crippen LogP contribution < -0.4 is 5.32 Å². The normalized spacial score (nSPS) is 17.2. The molecule has 1 heterocycles. The smallest absolute Gasteiger partial charge is 0.255 e. The van der Waals surface area contributed by atoms with Crippen molar-refractivity contribution in [3.8, 4) is 0 Å². The maximum atomic E-state index is 12.1. The van der Waals surface area contributed by atoms with Crippen LogP contribution in [0.5, 0.6) is 0 Å². The Hall–Kier alpha value is -1.55. The average Bonchev–Trinajstić information content (AvgIpc) is 2.41. The summed E-state index contributed by atoms with van der Waals surface area (Å²) in [7, 11) is 5.73. The molecule has 1 amide bonds. The molecule has 0 aromatic heterocycles. The molecule has 1 fully saturated rings. The van der Waals surface area contributed by atoms with E-state index in [4.69, 9.17) is 0 Å². The zero-order valence-corrected chi connectivity index (χ0v) is 12.0. The minimum atomic E-state index is 0.0519. The number of benzene rings is 1. The summed E-state index contributed by atoms with van der Waals surface area (Å²) in [6.45, 7) is 2.23. The number of hydrogen-bond donors (Lipinski definition) is 1. The Morgan fingerprint density at radius 1 is 1.26 bits per heavy atom. The summed E-state index contributed by atoms with van der Waals surface area (Å²) in [5, 5.41) is 3.53. The second kappa shape index (κ2) is 6.06. The number of hydrogen-bond acceptors (Lipinski definition) is 3. The number of likely N-dealkylation sites (tertiary alicyclic amines) is 1. The van der Waals surface area contributed by atoms with Gasteiger partial charge in [0.2, 0.25) is 0 Å². The largest absolute Gasteiger partial charge is 0.382 e. The first-order chi connectivity index (χ1) is 9.08. The van der Waals surface area contributed by atoms with Crippen LogP contribution in [-0.4, -0.2) is 56.0 Å². The van der Waals surface area contributed by atoms with Crippen LogP contribution in [0.2, 0.25) is 0 Å². The van der Waals surface area contributed by atoms with Gasteiger partial charge in [-0.2, -0.15) is 0 Å². The van der Waals surface area contributed by atoms with Gasteiger partial charge in [0, 0.05) is 25.8 Å². The lowest BCUT2D eigenvalue weighted by Gasteiger charge is -2.30. The highest BCUT2D eigenvalue weighted by Crippen LogP contribution is 2.20. The van der Waals surface area contributed by atoms with Crippen molar-refractivity contribution in [1.82, 2.24) is 9.80 Å². The number of carbonyl (C=O) groups is 1. The van der Waals surface area contributed by atoms with Crippen LogP contribution in [-0.2, 0) is 0 Å². The number of anilines is 1. The van der Waals surface area contributed by atoms with Gasteiger partial charge in [-0.05, 0) is 45.1 Å². The fourth-order valence-corrected chi connectivity index (χ4v) is 2.41. The van der Waals surface area contributed by atoms with E-state index in [-0.39, 0.29) is 5.91 Å². The topological polar surface area (TPSA) is 35.6 Å². The minimum Gasteiger partial charge on any atom is -0.382 e. The first-order valence-corrected chi connectivity index (χ1v) is 6.83. The van der Waals surface area contributed by atoms with E-state index in [0.29, 0.717) is 6.04 Å². The Balaban J connectivity index is 2.10. The zero-order valence-electron chi connectivity index (χ0n) is 12.0. The summed E-state index contributed by atoms with van der Waals surface area (Å²) in [6.07, 6.45) is 2.25. The lowest BCUT2D eigenvalue weighted by Crippen LogP contribution is -2.37. The third-order valence-electron chi connectivity index (χ3n) is 3.64. The Kier molecular flexibility index (Phi) is 4.43. The number of para-hydroxylation sites is 1. The van der Waals surface area contributed by atoms with Crippen molar-refractivity contribution in [3.05, 3.63) is 29.8 Å². The molecule has 104 valence electrons. The van der Waals surface area contributed by atoms with Gasteiger partial charge in [0.15, 0.2) is 0 Å². The molecule has 0 atom stereocenters. The summed E-state index contributed by atoms with van der Waals surface area (Å²) in [6, 6.07) is 8.24. The Labute approximate surface area is 115 Å². The fourth-order valence-electron chi connectivity index (χ4n) is 2.41. The van der Waals surface area contributed by atoms with E-state index >= 15 is 0 Å². The molecule has 1 aromatic carbocycles. The number of carbonyl (C=O) groups excluding carboxylic acids is 1. The first kappa shape index (κ1) is 13.9. The monoisotopic (exact) mass is 261 g/mol. The standard InChI is InChI=1S/C15H23N3O/c1-17(2)15(19)13-6-4-5-7-14(13)16-12-8-10-18(3)11-9-12/h4-7,12,16H,8-11H2,1-3H3. The lowest BCUT2D eigenvalue weighted by atomic mass is 10.0. The molecule has 1 saturated heterocycles. The maximum absolute atomic E-state index is 12.1. The second-order valence-corrected chi connectivity index (χ2v) is 5.47. The molecule has 1 aliphatic rings. The SMILES string of the molecule is CN1CCC(Nc2ccccc2C(=O)N(C)C)CC1. The van der Waals surface area contributed by atoms with Crippen molar-refractivity contribution in [1.29, 1.82) is 0 Å². The van der Waals surface area contributed by atoms with E-state index in [1.165, 1.54) is 0 Å². The quantitative estimate of drug-likeness (QED) is 0.902. The van der Waals surface area contributed by atoms with Crippen molar-refractivity contribution in [2.75, 3.05) is 39.5 Å². The molecule has 4 heteroatoms. The van der Waals surface area contributed by atoms with Crippen LogP contribution in [0.4, 0.5) is 5.69 Å². The summed E-state index contributed by atoms with van der Waals surface area (Å²) in [5.74, 6) is 0.0519. The molecule has 0 unspecified atom stereocenters. The molecule has 4 nitrogen and oxygen atoms in total. The summed E-state index contributed by atoms with van der Waals surface area (Å²) < 4.78 is 0. The van der Waals surface area contributed by atoms with Crippen LogP contribution in [0.3, 0.4) is 0 Å². The van der Waals surface area contributed by atoms with Gasteiger partial charge in [-0.1, -0.05) is 12.1 Å². The van der Waals surface area contributed by atoms with Crippen molar-refractivity contribution in [3.63, 3.8) is 0 Å². The van der Waals surface area contributed by atoms with E-state index in [9.17, 15) is 4.79 Å². The van der Waals surface area contributed by atoms with Crippen molar-refractivity contribution < 1.29 is 4.79 Å². The lowest BCUT2D eigenvalue weighted by molar-refractivity contribution is 0.0828. The Morgan fingerprint density at radius 2 is 1.89 bits per heavy atom. The molecule has 0 bridgehead atoms. The summed E-state index contributed by atoms with van der Waals surface area (Å²) in [5.41, 5.74) is 1.71. The second-order valence-electron chi connectivity index (χ2n) is 5.47. The van der Waals surface area contributed by atoms with Gasteiger partial charge < -0.3 is 15.1 Å². The molecule has 1 aromatic rings. The summed E-state index contributed by atoms with van der Waals surface area (Å²) in [4.78, 5) is 16.1. The van der Waals surface area contributed by atoms with Gasteiger partial charge in [0.05, 0.1) is 5.56 Å². The number of nitrogens with zero attached hydrogens (tertiary/aromatic N) is 2. The Bertz CT molecular complexity index is 437. The summed E-state index contributed by atoms with van der Waals surface area (Å²) >= 11 is 0.